The molecule has 0 amide bonds. The summed E-state index contributed by atoms with van der Waals surface area (Å²) in [7, 11) is 0. The molecule has 0 aliphatic rings. The molecule has 1 aromatic rings. The maximum Gasteiger partial charge on any atom is 0.396 e. The molecule has 0 radical (unpaired) electrons. The third-order valence-corrected chi connectivity index (χ3v) is 2.37. The Morgan fingerprint density at radius 2 is 1.88 bits per heavy atom. The van der Waals surface area contributed by atoms with Gasteiger partial charge in [-0.25, -0.2) is 0 Å². The van der Waals surface area contributed by atoms with Gasteiger partial charge in [-0.05, 0) is 12.5 Å². The van der Waals surface area contributed by atoms with E-state index in [-0.39, 0.29) is 5.57 Å². The Morgan fingerprint density at radius 3 is 2.31 bits per heavy atom. The molecule has 0 saturated heterocycles. The summed E-state index contributed by atoms with van der Waals surface area (Å²) < 4.78 is 37.7. The molecule has 0 aromatic heterocycles. The Kier molecular flexibility index (Phi) is 4.12. The third kappa shape index (κ3) is 3.38. The number of rotatable bonds is 3. The third-order valence-electron chi connectivity index (χ3n) is 2.37. The van der Waals surface area contributed by atoms with Gasteiger partial charge in [0.1, 0.15) is 0 Å². The Balaban J connectivity index is 2.92. The van der Waals surface area contributed by atoms with Gasteiger partial charge in [0.15, 0.2) is 0 Å². The van der Waals surface area contributed by atoms with E-state index in [0.717, 1.165) is 5.56 Å². The van der Waals surface area contributed by atoms with Crippen LogP contribution in [0, 0.1) is 5.92 Å². The van der Waals surface area contributed by atoms with Gasteiger partial charge >= 0.3 is 6.18 Å². The Labute approximate surface area is 92.8 Å². The lowest BCUT2D eigenvalue weighted by molar-refractivity contribution is -0.160. The molecule has 1 aromatic carbocycles. The minimum atomic E-state index is -4.27. The van der Waals surface area contributed by atoms with Gasteiger partial charge in [0.25, 0.3) is 0 Å². The highest BCUT2D eigenvalue weighted by Crippen LogP contribution is 2.31. The Morgan fingerprint density at radius 1 is 1.31 bits per heavy atom. The highest BCUT2D eigenvalue weighted by atomic mass is 19.4. The number of hydrogen-bond acceptors (Lipinski definition) is 1. The van der Waals surface area contributed by atoms with E-state index < -0.39 is 18.6 Å². The summed E-state index contributed by atoms with van der Waals surface area (Å²) in [5.41, 5.74) is 6.14. The largest absolute Gasteiger partial charge is 0.396 e. The molecule has 0 spiro atoms. The number of alkyl halides is 3. The normalized spacial score (nSPS) is 14.9. The van der Waals surface area contributed by atoms with Crippen molar-refractivity contribution in [2.45, 2.75) is 13.1 Å². The van der Waals surface area contributed by atoms with Gasteiger partial charge in [0, 0.05) is 6.54 Å². The molecule has 0 heterocycles. The second-order valence-electron chi connectivity index (χ2n) is 3.63. The molecular formula is C12H14F3N. The van der Waals surface area contributed by atoms with Crippen molar-refractivity contribution in [3.63, 3.8) is 0 Å². The molecule has 0 saturated carbocycles. The van der Waals surface area contributed by atoms with Crippen LogP contribution in [0.4, 0.5) is 13.2 Å². The summed E-state index contributed by atoms with van der Waals surface area (Å²) in [5, 5.41) is 0. The van der Waals surface area contributed by atoms with E-state index in [2.05, 4.69) is 0 Å². The molecule has 0 aliphatic heterocycles. The van der Waals surface area contributed by atoms with E-state index in [9.17, 15) is 13.2 Å². The summed E-state index contributed by atoms with van der Waals surface area (Å²) in [6.45, 7) is 1.04. The van der Waals surface area contributed by atoms with Crippen LogP contribution in [0.25, 0.3) is 6.08 Å². The van der Waals surface area contributed by atoms with Crippen LogP contribution in [-0.2, 0) is 0 Å². The van der Waals surface area contributed by atoms with E-state index >= 15 is 0 Å². The zero-order valence-electron chi connectivity index (χ0n) is 8.96. The van der Waals surface area contributed by atoms with E-state index in [1.807, 2.05) is 6.07 Å². The fraction of sp³-hybridized carbons (Fsp3) is 0.333. The quantitative estimate of drug-likeness (QED) is 0.846. The minimum absolute atomic E-state index is 0.237. The lowest BCUT2D eigenvalue weighted by Crippen LogP contribution is -2.31. The van der Waals surface area contributed by atoms with Crippen LogP contribution in [0.2, 0.25) is 0 Å². The van der Waals surface area contributed by atoms with E-state index in [0.29, 0.717) is 0 Å². The van der Waals surface area contributed by atoms with E-state index in [1.54, 1.807) is 24.3 Å². The average molecular weight is 229 g/mol. The standard InChI is InChI=1S/C12H14F3N/c1-9(11(8-16)12(13,14)15)7-10-5-3-2-4-6-10/h2-7,11H,8,16H2,1H3/b9-7+. The first kappa shape index (κ1) is 12.8. The van der Waals surface area contributed by atoms with Crippen molar-refractivity contribution in [1.29, 1.82) is 0 Å². The van der Waals surface area contributed by atoms with Crippen LogP contribution in [0.5, 0.6) is 0 Å². The van der Waals surface area contributed by atoms with E-state index in [4.69, 9.17) is 5.73 Å². The van der Waals surface area contributed by atoms with Crippen LogP contribution in [-0.4, -0.2) is 12.7 Å². The second-order valence-corrected chi connectivity index (χ2v) is 3.63. The molecule has 0 aliphatic carbocycles. The van der Waals surface area contributed by atoms with Crippen LogP contribution in [0.1, 0.15) is 12.5 Å². The molecule has 0 bridgehead atoms. The van der Waals surface area contributed by atoms with Gasteiger partial charge in [0.05, 0.1) is 5.92 Å². The SMILES string of the molecule is C/C(=C\c1ccccc1)C(CN)C(F)(F)F. The van der Waals surface area contributed by atoms with E-state index in [1.165, 1.54) is 13.0 Å². The minimum Gasteiger partial charge on any atom is -0.330 e. The van der Waals surface area contributed by atoms with Crippen molar-refractivity contribution < 1.29 is 13.2 Å². The van der Waals surface area contributed by atoms with Crippen molar-refractivity contribution in [2.24, 2.45) is 11.7 Å². The molecule has 1 unspecified atom stereocenters. The van der Waals surface area contributed by atoms with Gasteiger partial charge in [-0.15, -0.1) is 0 Å². The summed E-state index contributed by atoms with van der Waals surface area (Å²) >= 11 is 0. The second kappa shape index (κ2) is 5.16. The molecule has 4 heteroatoms. The molecular weight excluding hydrogens is 215 g/mol. The zero-order valence-corrected chi connectivity index (χ0v) is 8.96. The van der Waals surface area contributed by atoms with Gasteiger partial charge < -0.3 is 5.73 Å². The predicted octanol–water partition coefficient (Wildman–Crippen LogP) is 3.23. The molecule has 2 N–H and O–H groups in total. The maximum absolute atomic E-state index is 12.6. The number of nitrogens with two attached hydrogens (primary N) is 1. The fourth-order valence-electron chi connectivity index (χ4n) is 1.49. The van der Waals surface area contributed by atoms with Gasteiger partial charge in [-0.1, -0.05) is 42.0 Å². The topological polar surface area (TPSA) is 26.0 Å². The fourth-order valence-corrected chi connectivity index (χ4v) is 1.49. The average Bonchev–Trinajstić information content (AvgIpc) is 2.17. The van der Waals surface area contributed by atoms with Crippen molar-refractivity contribution in [1.82, 2.24) is 0 Å². The van der Waals surface area contributed by atoms with Crippen molar-refractivity contribution >= 4 is 6.08 Å². The zero-order chi connectivity index (χ0) is 12.2. The van der Waals surface area contributed by atoms with Gasteiger partial charge in [-0.2, -0.15) is 13.2 Å². The Bertz CT molecular complexity index is 354. The smallest absolute Gasteiger partial charge is 0.330 e. The van der Waals surface area contributed by atoms with Crippen molar-refractivity contribution in [3.05, 3.63) is 41.5 Å². The molecule has 1 rings (SSSR count). The lowest BCUT2D eigenvalue weighted by Gasteiger charge is -2.19. The first-order chi connectivity index (χ1) is 7.45. The number of halogens is 3. The molecule has 16 heavy (non-hydrogen) atoms. The maximum atomic E-state index is 12.6. The molecule has 1 nitrogen and oxygen atoms in total. The summed E-state index contributed by atoms with van der Waals surface area (Å²) in [6, 6.07) is 8.89. The summed E-state index contributed by atoms with van der Waals surface area (Å²) in [4.78, 5) is 0. The van der Waals surface area contributed by atoms with Gasteiger partial charge in [0.2, 0.25) is 0 Å². The first-order valence-corrected chi connectivity index (χ1v) is 4.95. The highest BCUT2D eigenvalue weighted by molar-refractivity contribution is 5.52. The molecule has 88 valence electrons. The molecule has 0 fully saturated rings. The lowest BCUT2D eigenvalue weighted by atomic mass is 9.98. The number of hydrogen-bond donors (Lipinski definition) is 1. The van der Waals surface area contributed by atoms with Crippen LogP contribution < -0.4 is 5.73 Å². The highest BCUT2D eigenvalue weighted by Gasteiger charge is 2.39. The Hall–Kier alpha value is -1.29. The summed E-state index contributed by atoms with van der Waals surface area (Å²) in [5.74, 6) is -1.56. The van der Waals surface area contributed by atoms with Crippen LogP contribution in [0.3, 0.4) is 0 Å². The summed E-state index contributed by atoms with van der Waals surface area (Å²) in [6.07, 6.45) is -2.75. The van der Waals surface area contributed by atoms with Crippen LogP contribution in [0.15, 0.2) is 35.9 Å². The number of benzene rings is 1. The van der Waals surface area contributed by atoms with Crippen LogP contribution >= 0.6 is 0 Å². The molecule has 1 atom stereocenters. The van der Waals surface area contributed by atoms with Crippen molar-refractivity contribution in [3.8, 4) is 0 Å². The first-order valence-electron chi connectivity index (χ1n) is 4.95. The van der Waals surface area contributed by atoms with Gasteiger partial charge in [-0.3, -0.25) is 0 Å². The predicted molar refractivity (Wildman–Crippen MR) is 58.7 cm³/mol. The van der Waals surface area contributed by atoms with Crippen molar-refractivity contribution in [2.75, 3.05) is 6.54 Å². The monoisotopic (exact) mass is 229 g/mol.